The van der Waals surface area contributed by atoms with Crippen LogP contribution in [-0.2, 0) is 4.74 Å². The number of rotatable bonds is 3. The molecule has 2 aromatic heterocycles. The second kappa shape index (κ2) is 7.27. The van der Waals surface area contributed by atoms with Crippen molar-refractivity contribution in [3.05, 3.63) is 39.3 Å². The lowest BCUT2D eigenvalue weighted by Gasteiger charge is -2.28. The highest BCUT2D eigenvalue weighted by atomic mass is 35.5. The molecule has 4 heterocycles. The number of halogens is 1. The van der Waals surface area contributed by atoms with E-state index >= 15 is 0 Å². The van der Waals surface area contributed by atoms with E-state index in [0.717, 1.165) is 32.5 Å². The van der Waals surface area contributed by atoms with E-state index in [1.807, 2.05) is 15.2 Å². The summed E-state index contributed by atoms with van der Waals surface area (Å²) in [6, 6.07) is 2.19. The molecule has 0 aromatic carbocycles. The van der Waals surface area contributed by atoms with Crippen LogP contribution in [0.5, 0.6) is 0 Å². The van der Waals surface area contributed by atoms with Crippen LogP contribution in [0.4, 0.5) is 5.95 Å². The molecule has 25 heavy (non-hydrogen) atoms. The number of aromatic nitrogens is 2. The number of morpholine rings is 1. The zero-order valence-corrected chi connectivity index (χ0v) is 15.3. The van der Waals surface area contributed by atoms with Crippen LogP contribution in [0.2, 0.25) is 5.02 Å². The minimum absolute atomic E-state index is 0.108. The van der Waals surface area contributed by atoms with Crippen molar-refractivity contribution >= 4 is 34.8 Å². The van der Waals surface area contributed by atoms with Gasteiger partial charge in [0.25, 0.3) is 5.91 Å². The number of likely N-dealkylation sites (tertiary alicyclic amines) is 1. The van der Waals surface area contributed by atoms with Crippen LogP contribution in [0.15, 0.2) is 23.0 Å². The maximum Gasteiger partial charge on any atom is 0.274 e. The molecule has 8 heteroatoms. The van der Waals surface area contributed by atoms with Gasteiger partial charge in [0, 0.05) is 19.6 Å². The van der Waals surface area contributed by atoms with Crippen LogP contribution in [0.3, 0.4) is 0 Å². The highest BCUT2D eigenvalue weighted by Crippen LogP contribution is 2.34. The summed E-state index contributed by atoms with van der Waals surface area (Å²) in [4.78, 5) is 25.8. The Kier molecular flexibility index (Phi) is 4.87. The van der Waals surface area contributed by atoms with E-state index in [1.54, 1.807) is 11.3 Å². The molecule has 2 aromatic rings. The molecule has 0 bridgehead atoms. The first-order valence-corrected chi connectivity index (χ1v) is 9.74. The molecule has 1 amide bonds. The van der Waals surface area contributed by atoms with Crippen molar-refractivity contribution in [3.63, 3.8) is 0 Å². The van der Waals surface area contributed by atoms with Crippen LogP contribution in [0.1, 0.15) is 34.9 Å². The summed E-state index contributed by atoms with van der Waals surface area (Å²) in [6.07, 6.45) is 3.50. The minimum Gasteiger partial charge on any atom is -0.378 e. The van der Waals surface area contributed by atoms with Gasteiger partial charge in [0.2, 0.25) is 5.95 Å². The van der Waals surface area contributed by atoms with Crippen molar-refractivity contribution in [1.82, 2.24) is 14.9 Å². The summed E-state index contributed by atoms with van der Waals surface area (Å²) in [7, 11) is 0. The average Bonchev–Trinajstić information content (AvgIpc) is 3.33. The molecular formula is C17H19ClN4O2S. The molecule has 0 aliphatic carbocycles. The Bertz CT molecular complexity index is 749. The van der Waals surface area contributed by atoms with Gasteiger partial charge < -0.3 is 14.5 Å². The van der Waals surface area contributed by atoms with E-state index in [1.165, 1.54) is 11.8 Å². The summed E-state index contributed by atoms with van der Waals surface area (Å²) in [6.45, 7) is 3.45. The van der Waals surface area contributed by atoms with Gasteiger partial charge in [0.05, 0.1) is 30.5 Å². The summed E-state index contributed by atoms with van der Waals surface area (Å²) < 4.78 is 5.36. The number of thiophene rings is 1. The topological polar surface area (TPSA) is 58.6 Å². The Morgan fingerprint density at radius 3 is 2.92 bits per heavy atom. The summed E-state index contributed by atoms with van der Waals surface area (Å²) in [5, 5.41) is 4.46. The summed E-state index contributed by atoms with van der Waals surface area (Å²) in [5.41, 5.74) is 1.48. The van der Waals surface area contributed by atoms with Crippen LogP contribution in [0.25, 0.3) is 0 Å². The van der Waals surface area contributed by atoms with Crippen LogP contribution in [0, 0.1) is 0 Å². The lowest BCUT2D eigenvalue weighted by molar-refractivity contribution is 0.0730. The summed E-state index contributed by atoms with van der Waals surface area (Å²) >= 11 is 7.92. The van der Waals surface area contributed by atoms with Gasteiger partial charge >= 0.3 is 0 Å². The first-order valence-electron chi connectivity index (χ1n) is 8.42. The summed E-state index contributed by atoms with van der Waals surface area (Å²) in [5.74, 6) is 0.429. The van der Waals surface area contributed by atoms with Crippen molar-refractivity contribution in [2.45, 2.75) is 18.9 Å². The molecule has 2 saturated heterocycles. The predicted octanol–water partition coefficient (Wildman–Crippen LogP) is 3.01. The van der Waals surface area contributed by atoms with E-state index < -0.39 is 0 Å². The van der Waals surface area contributed by atoms with Gasteiger partial charge in [-0.2, -0.15) is 11.3 Å². The second-order valence-corrected chi connectivity index (χ2v) is 7.37. The molecule has 2 aliphatic rings. The number of carbonyl (C=O) groups excluding carboxylic acids is 1. The third kappa shape index (κ3) is 3.36. The maximum absolute atomic E-state index is 13.1. The molecule has 0 N–H and O–H groups in total. The molecule has 4 rings (SSSR count). The fourth-order valence-electron chi connectivity index (χ4n) is 3.38. The number of anilines is 1. The Labute approximate surface area is 155 Å². The zero-order valence-electron chi connectivity index (χ0n) is 13.7. The fourth-order valence-corrected chi connectivity index (χ4v) is 4.26. The number of nitrogens with zero attached hydrogens (tertiary/aromatic N) is 4. The van der Waals surface area contributed by atoms with Crippen molar-refractivity contribution in [2.24, 2.45) is 0 Å². The molecule has 2 fully saturated rings. The quantitative estimate of drug-likeness (QED) is 0.821. The predicted molar refractivity (Wildman–Crippen MR) is 97.4 cm³/mol. The van der Waals surface area contributed by atoms with Gasteiger partial charge in [-0.15, -0.1) is 0 Å². The second-order valence-electron chi connectivity index (χ2n) is 6.18. The zero-order chi connectivity index (χ0) is 17.2. The largest absolute Gasteiger partial charge is 0.378 e. The average molecular weight is 379 g/mol. The highest BCUT2D eigenvalue weighted by molar-refractivity contribution is 7.08. The molecule has 0 spiro atoms. The standard InChI is InChI=1S/C17H19ClN4O2S/c18-13-10-19-17(21-5-7-24-8-6-21)20-15(13)16(23)22-4-1-2-14(22)12-3-9-25-11-12/h3,9-11,14H,1-2,4-8H2/t14-/m0/s1. The van der Waals surface area contributed by atoms with E-state index in [0.29, 0.717) is 29.9 Å². The molecule has 132 valence electrons. The molecule has 0 saturated carbocycles. The van der Waals surface area contributed by atoms with E-state index in [2.05, 4.69) is 21.4 Å². The lowest BCUT2D eigenvalue weighted by atomic mass is 10.1. The fraction of sp³-hybridized carbons (Fsp3) is 0.471. The van der Waals surface area contributed by atoms with Gasteiger partial charge in [0.1, 0.15) is 0 Å². The van der Waals surface area contributed by atoms with Gasteiger partial charge in [-0.05, 0) is 35.2 Å². The number of ether oxygens (including phenoxy) is 1. The lowest BCUT2D eigenvalue weighted by Crippen LogP contribution is -2.38. The van der Waals surface area contributed by atoms with Crippen molar-refractivity contribution in [2.75, 3.05) is 37.7 Å². The van der Waals surface area contributed by atoms with E-state index in [4.69, 9.17) is 16.3 Å². The van der Waals surface area contributed by atoms with Gasteiger partial charge in [-0.3, -0.25) is 4.79 Å². The number of carbonyl (C=O) groups is 1. The Morgan fingerprint density at radius 1 is 1.32 bits per heavy atom. The minimum atomic E-state index is -0.115. The van der Waals surface area contributed by atoms with Crippen LogP contribution < -0.4 is 4.90 Å². The Morgan fingerprint density at radius 2 is 2.16 bits per heavy atom. The number of hydrogen-bond donors (Lipinski definition) is 0. The number of hydrogen-bond acceptors (Lipinski definition) is 6. The first kappa shape index (κ1) is 16.8. The number of amides is 1. The van der Waals surface area contributed by atoms with Crippen molar-refractivity contribution < 1.29 is 9.53 Å². The van der Waals surface area contributed by atoms with E-state index in [-0.39, 0.29) is 11.9 Å². The maximum atomic E-state index is 13.1. The highest BCUT2D eigenvalue weighted by Gasteiger charge is 2.33. The Balaban J connectivity index is 1.60. The van der Waals surface area contributed by atoms with Crippen molar-refractivity contribution in [3.8, 4) is 0 Å². The van der Waals surface area contributed by atoms with Crippen LogP contribution in [-0.4, -0.2) is 53.6 Å². The Hall–Kier alpha value is -1.70. The third-order valence-electron chi connectivity index (χ3n) is 4.67. The van der Waals surface area contributed by atoms with Gasteiger partial charge in [-0.1, -0.05) is 11.6 Å². The van der Waals surface area contributed by atoms with Gasteiger partial charge in [0.15, 0.2) is 5.69 Å². The molecule has 1 atom stereocenters. The molecule has 6 nitrogen and oxygen atoms in total. The monoisotopic (exact) mass is 378 g/mol. The van der Waals surface area contributed by atoms with Crippen LogP contribution >= 0.6 is 22.9 Å². The van der Waals surface area contributed by atoms with Crippen molar-refractivity contribution in [1.29, 1.82) is 0 Å². The molecule has 2 aliphatic heterocycles. The van der Waals surface area contributed by atoms with E-state index in [9.17, 15) is 4.79 Å². The molecule has 0 unspecified atom stereocenters. The van der Waals surface area contributed by atoms with Gasteiger partial charge in [-0.25, -0.2) is 9.97 Å². The SMILES string of the molecule is O=C(c1nc(N2CCOCC2)ncc1Cl)N1CCC[C@H]1c1ccsc1. The third-order valence-corrected chi connectivity index (χ3v) is 5.65. The normalized spacial score (nSPS) is 20.9. The molecular weight excluding hydrogens is 360 g/mol. The first-order chi connectivity index (χ1) is 12.2. The molecule has 0 radical (unpaired) electrons. The smallest absolute Gasteiger partial charge is 0.274 e.